The fourth-order valence-corrected chi connectivity index (χ4v) is 7.44. The standard InChI is InChI=1S/C51H95NO5/c1-4-7-10-13-16-19-22-23-24-25-26-27-29-32-35-38-41-44-51(56)57-47(42-39-36-33-30-21-18-15-12-9-6-3)45-50(55)52-48(46-53)49(54)43-40-37-34-31-28-20-17-14-11-8-5-2/h16,19,23-24,26-27,47-49,53-54H,4-15,17-18,20-22,25,28-46H2,1-3H3,(H,52,55)/b19-16-,24-23-,27-26-. The van der Waals surface area contributed by atoms with Gasteiger partial charge in [0.2, 0.25) is 5.91 Å². The Morgan fingerprint density at radius 1 is 0.509 bits per heavy atom. The number of ether oxygens (including phenoxy) is 1. The molecule has 0 radical (unpaired) electrons. The minimum atomic E-state index is -0.787. The van der Waals surface area contributed by atoms with Crippen molar-refractivity contribution in [3.63, 3.8) is 0 Å². The van der Waals surface area contributed by atoms with Gasteiger partial charge in [0, 0.05) is 6.42 Å². The summed E-state index contributed by atoms with van der Waals surface area (Å²) in [4.78, 5) is 26.0. The first-order chi connectivity index (χ1) is 28.0. The summed E-state index contributed by atoms with van der Waals surface area (Å²) < 4.78 is 5.91. The van der Waals surface area contributed by atoms with Gasteiger partial charge in [-0.3, -0.25) is 9.59 Å². The van der Waals surface area contributed by atoms with Crippen molar-refractivity contribution in [1.29, 1.82) is 0 Å². The lowest BCUT2D eigenvalue weighted by Crippen LogP contribution is -2.46. The molecule has 57 heavy (non-hydrogen) atoms. The SMILES string of the molecule is CCCCC/C=C\C/C=C\C/C=C\CCCCCCC(=O)OC(CCCCCCCCCCCC)CC(=O)NC(CO)C(O)CCCCCCCCCCCCC. The van der Waals surface area contributed by atoms with Crippen LogP contribution in [0.3, 0.4) is 0 Å². The molecule has 0 fully saturated rings. The molecule has 0 aromatic rings. The fourth-order valence-electron chi connectivity index (χ4n) is 7.44. The number of allylic oxidation sites excluding steroid dienone is 6. The quantitative estimate of drug-likeness (QED) is 0.0324. The highest BCUT2D eigenvalue weighted by atomic mass is 16.5. The number of esters is 1. The molecule has 0 aliphatic carbocycles. The lowest BCUT2D eigenvalue weighted by atomic mass is 10.0. The molecular formula is C51H95NO5. The Morgan fingerprint density at radius 3 is 1.39 bits per heavy atom. The predicted octanol–water partition coefficient (Wildman–Crippen LogP) is 14.5. The van der Waals surface area contributed by atoms with E-state index in [1.165, 1.54) is 128 Å². The van der Waals surface area contributed by atoms with Crippen molar-refractivity contribution in [1.82, 2.24) is 5.32 Å². The highest BCUT2D eigenvalue weighted by Gasteiger charge is 2.24. The molecule has 0 heterocycles. The first kappa shape index (κ1) is 55.1. The third-order valence-corrected chi connectivity index (χ3v) is 11.2. The van der Waals surface area contributed by atoms with Crippen molar-refractivity contribution in [2.45, 2.75) is 270 Å². The van der Waals surface area contributed by atoms with Crippen molar-refractivity contribution in [2.24, 2.45) is 0 Å². The summed E-state index contributed by atoms with van der Waals surface area (Å²) in [6.45, 7) is 6.44. The van der Waals surface area contributed by atoms with Gasteiger partial charge in [0.1, 0.15) is 6.10 Å². The van der Waals surface area contributed by atoms with Gasteiger partial charge in [0.15, 0.2) is 0 Å². The van der Waals surface area contributed by atoms with Crippen LogP contribution in [-0.2, 0) is 14.3 Å². The summed E-state index contributed by atoms with van der Waals surface area (Å²) in [5, 5.41) is 23.7. The Labute approximate surface area is 353 Å². The maximum absolute atomic E-state index is 13.1. The second-order valence-electron chi connectivity index (χ2n) is 16.9. The molecule has 0 aliphatic heterocycles. The summed E-state index contributed by atoms with van der Waals surface area (Å²) in [5.74, 6) is -0.493. The number of unbranched alkanes of at least 4 members (excludes halogenated alkanes) is 26. The summed E-state index contributed by atoms with van der Waals surface area (Å²) in [5.41, 5.74) is 0. The zero-order chi connectivity index (χ0) is 41.7. The van der Waals surface area contributed by atoms with Crippen LogP contribution < -0.4 is 5.32 Å². The zero-order valence-corrected chi connectivity index (χ0v) is 38.0. The summed E-state index contributed by atoms with van der Waals surface area (Å²) in [6.07, 6.45) is 52.0. The van der Waals surface area contributed by atoms with E-state index in [4.69, 9.17) is 4.74 Å². The number of aliphatic hydroxyl groups excluding tert-OH is 2. The first-order valence-electron chi connectivity index (χ1n) is 24.7. The number of nitrogens with one attached hydrogen (secondary N) is 1. The van der Waals surface area contributed by atoms with Crippen LogP contribution in [0.1, 0.15) is 252 Å². The van der Waals surface area contributed by atoms with Gasteiger partial charge >= 0.3 is 5.97 Å². The number of carbonyl (C=O) groups excluding carboxylic acids is 2. The third-order valence-electron chi connectivity index (χ3n) is 11.2. The Balaban J connectivity index is 4.54. The number of carbonyl (C=O) groups is 2. The van der Waals surface area contributed by atoms with Gasteiger partial charge in [-0.15, -0.1) is 0 Å². The minimum Gasteiger partial charge on any atom is -0.462 e. The molecule has 0 rings (SSSR count). The van der Waals surface area contributed by atoms with E-state index in [0.29, 0.717) is 19.3 Å². The Morgan fingerprint density at radius 2 is 0.895 bits per heavy atom. The maximum Gasteiger partial charge on any atom is 0.306 e. The molecule has 0 saturated carbocycles. The highest BCUT2D eigenvalue weighted by Crippen LogP contribution is 2.18. The van der Waals surface area contributed by atoms with E-state index in [9.17, 15) is 19.8 Å². The highest BCUT2D eigenvalue weighted by molar-refractivity contribution is 5.77. The molecule has 0 spiro atoms. The monoisotopic (exact) mass is 802 g/mol. The van der Waals surface area contributed by atoms with E-state index >= 15 is 0 Å². The van der Waals surface area contributed by atoms with Gasteiger partial charge in [0.05, 0.1) is 25.2 Å². The number of amides is 1. The molecule has 0 aromatic carbocycles. The molecule has 0 aliphatic rings. The van der Waals surface area contributed by atoms with Crippen molar-refractivity contribution in [2.75, 3.05) is 6.61 Å². The number of aliphatic hydroxyl groups is 2. The average Bonchev–Trinajstić information content (AvgIpc) is 3.20. The van der Waals surface area contributed by atoms with E-state index in [1.807, 2.05) is 0 Å². The molecule has 3 unspecified atom stereocenters. The van der Waals surface area contributed by atoms with Crippen molar-refractivity contribution in [3.8, 4) is 0 Å². The van der Waals surface area contributed by atoms with E-state index in [-0.39, 0.29) is 24.9 Å². The summed E-state index contributed by atoms with van der Waals surface area (Å²) in [7, 11) is 0. The minimum absolute atomic E-state index is 0.0715. The van der Waals surface area contributed by atoms with Crippen LogP contribution in [-0.4, -0.2) is 46.9 Å². The topological polar surface area (TPSA) is 95.9 Å². The van der Waals surface area contributed by atoms with Gasteiger partial charge in [-0.05, 0) is 64.2 Å². The molecule has 6 nitrogen and oxygen atoms in total. The van der Waals surface area contributed by atoms with Gasteiger partial charge < -0.3 is 20.3 Å². The van der Waals surface area contributed by atoms with Crippen LogP contribution in [0.15, 0.2) is 36.5 Å². The fraction of sp³-hybridized carbons (Fsp3) is 0.843. The van der Waals surface area contributed by atoms with Crippen LogP contribution >= 0.6 is 0 Å². The van der Waals surface area contributed by atoms with Gasteiger partial charge in [-0.25, -0.2) is 0 Å². The number of hydrogen-bond donors (Lipinski definition) is 3. The number of hydrogen-bond acceptors (Lipinski definition) is 5. The lowest BCUT2D eigenvalue weighted by Gasteiger charge is -2.24. The Bertz CT molecular complexity index is 946. The van der Waals surface area contributed by atoms with Gasteiger partial charge in [-0.2, -0.15) is 0 Å². The molecule has 6 heteroatoms. The van der Waals surface area contributed by atoms with E-state index in [0.717, 1.165) is 77.0 Å². The van der Waals surface area contributed by atoms with E-state index in [1.54, 1.807) is 0 Å². The molecule has 0 saturated heterocycles. The lowest BCUT2D eigenvalue weighted by molar-refractivity contribution is -0.151. The molecule has 1 amide bonds. The largest absolute Gasteiger partial charge is 0.462 e. The molecule has 0 aromatic heterocycles. The smallest absolute Gasteiger partial charge is 0.306 e. The second kappa shape index (κ2) is 45.2. The number of rotatable bonds is 44. The van der Waals surface area contributed by atoms with Crippen molar-refractivity contribution in [3.05, 3.63) is 36.5 Å². The van der Waals surface area contributed by atoms with Crippen LogP contribution in [0.5, 0.6) is 0 Å². The molecule has 334 valence electrons. The normalized spacial score (nSPS) is 13.6. The first-order valence-corrected chi connectivity index (χ1v) is 24.7. The second-order valence-corrected chi connectivity index (χ2v) is 16.9. The van der Waals surface area contributed by atoms with Gasteiger partial charge in [0.25, 0.3) is 0 Å². The maximum atomic E-state index is 13.1. The Hall–Kier alpha value is -1.92. The van der Waals surface area contributed by atoms with E-state index in [2.05, 4.69) is 62.5 Å². The molecule has 3 atom stereocenters. The van der Waals surface area contributed by atoms with Crippen LogP contribution in [0.2, 0.25) is 0 Å². The van der Waals surface area contributed by atoms with Crippen LogP contribution in [0.25, 0.3) is 0 Å². The van der Waals surface area contributed by atoms with Crippen molar-refractivity contribution < 1.29 is 24.5 Å². The Kier molecular flexibility index (Phi) is 43.6. The van der Waals surface area contributed by atoms with Crippen LogP contribution in [0.4, 0.5) is 0 Å². The van der Waals surface area contributed by atoms with E-state index < -0.39 is 18.2 Å². The average molecular weight is 802 g/mol. The summed E-state index contributed by atoms with van der Waals surface area (Å²) >= 11 is 0. The van der Waals surface area contributed by atoms with Gasteiger partial charge in [-0.1, -0.05) is 211 Å². The van der Waals surface area contributed by atoms with Crippen molar-refractivity contribution >= 4 is 11.9 Å². The molecular weight excluding hydrogens is 707 g/mol. The third kappa shape index (κ3) is 40.6. The van der Waals surface area contributed by atoms with Crippen LogP contribution in [0, 0.1) is 0 Å². The zero-order valence-electron chi connectivity index (χ0n) is 38.0. The predicted molar refractivity (Wildman–Crippen MR) is 246 cm³/mol. The molecule has 3 N–H and O–H groups in total. The molecule has 0 bridgehead atoms. The summed E-state index contributed by atoms with van der Waals surface area (Å²) in [6, 6.07) is -0.701.